The Hall–Kier alpha value is -0.720. The Labute approximate surface area is 126 Å². The number of nitrogens with zero attached hydrogens (tertiary/aromatic N) is 2. The summed E-state index contributed by atoms with van der Waals surface area (Å²) in [5.41, 5.74) is 0. The molecule has 0 saturated carbocycles. The maximum Gasteiger partial charge on any atom is 0.472 e. The molecule has 0 aromatic carbocycles. The third-order valence-electron chi connectivity index (χ3n) is 3.31. The molecule has 0 radical (unpaired) electrons. The fourth-order valence-electron chi connectivity index (χ4n) is 1.99. The van der Waals surface area contributed by atoms with Gasteiger partial charge in [0.1, 0.15) is 13.2 Å². The van der Waals surface area contributed by atoms with Crippen molar-refractivity contribution in [3.05, 3.63) is 12.8 Å². The number of hydrogen-bond acceptors (Lipinski definition) is 4. The van der Waals surface area contributed by atoms with Crippen molar-refractivity contribution in [2.45, 2.75) is 12.8 Å². The lowest BCUT2D eigenvalue weighted by Crippen LogP contribution is -2.37. The molecule has 0 spiro atoms. The highest BCUT2D eigenvalue weighted by atomic mass is 31.2. The first-order valence-electron chi connectivity index (χ1n) is 7.00. The molecule has 21 heavy (non-hydrogen) atoms. The van der Waals surface area contributed by atoms with Gasteiger partial charge in [0.2, 0.25) is 5.91 Å². The molecular weight excluding hydrogens is 295 g/mol. The van der Waals surface area contributed by atoms with Gasteiger partial charge in [-0.1, -0.05) is 6.58 Å². The average Bonchev–Trinajstić information content (AvgIpc) is 2.68. The summed E-state index contributed by atoms with van der Waals surface area (Å²) in [6.45, 7) is 4.98. The molecule has 1 heterocycles. The Kier molecular flexibility index (Phi) is 6.56. The van der Waals surface area contributed by atoms with Gasteiger partial charge in [0.05, 0.1) is 27.7 Å². The van der Waals surface area contributed by atoms with Gasteiger partial charge in [0.15, 0.2) is 0 Å². The SMILES string of the molecule is C=CN1CCC(CCOP(=O)(O)OCC[N+](C)(C)C)C1=O. The highest BCUT2D eigenvalue weighted by molar-refractivity contribution is 7.47. The Morgan fingerprint density at radius 3 is 2.57 bits per heavy atom. The quantitative estimate of drug-likeness (QED) is 0.510. The van der Waals surface area contributed by atoms with E-state index in [1.54, 1.807) is 4.90 Å². The highest BCUT2D eigenvalue weighted by Crippen LogP contribution is 2.43. The van der Waals surface area contributed by atoms with E-state index < -0.39 is 7.82 Å². The lowest BCUT2D eigenvalue weighted by Gasteiger charge is -2.24. The van der Waals surface area contributed by atoms with Crippen molar-refractivity contribution in [1.82, 2.24) is 4.90 Å². The number of carbonyl (C=O) groups excluding carboxylic acids is 1. The second-order valence-corrected chi connectivity index (χ2v) is 7.59. The van der Waals surface area contributed by atoms with E-state index in [4.69, 9.17) is 9.05 Å². The Morgan fingerprint density at radius 1 is 1.43 bits per heavy atom. The third kappa shape index (κ3) is 6.72. The van der Waals surface area contributed by atoms with Crippen molar-refractivity contribution in [1.29, 1.82) is 0 Å². The van der Waals surface area contributed by atoms with Crippen LogP contribution >= 0.6 is 7.82 Å². The molecule has 0 aromatic heterocycles. The van der Waals surface area contributed by atoms with Gasteiger partial charge in [0.25, 0.3) is 0 Å². The summed E-state index contributed by atoms with van der Waals surface area (Å²) >= 11 is 0. The van der Waals surface area contributed by atoms with E-state index in [1.807, 2.05) is 21.1 Å². The molecule has 1 saturated heterocycles. The Balaban J connectivity index is 2.26. The molecule has 2 unspecified atom stereocenters. The Morgan fingerprint density at radius 2 is 2.05 bits per heavy atom. The molecular formula is C13H26N2O5P+. The summed E-state index contributed by atoms with van der Waals surface area (Å²) in [4.78, 5) is 22.9. The first-order valence-corrected chi connectivity index (χ1v) is 8.49. The zero-order valence-electron chi connectivity index (χ0n) is 13.0. The summed E-state index contributed by atoms with van der Waals surface area (Å²) < 4.78 is 22.1. The first-order chi connectivity index (χ1) is 9.64. The van der Waals surface area contributed by atoms with E-state index in [2.05, 4.69) is 6.58 Å². The van der Waals surface area contributed by atoms with Crippen LogP contribution in [0.5, 0.6) is 0 Å². The molecule has 122 valence electrons. The lowest BCUT2D eigenvalue weighted by molar-refractivity contribution is -0.870. The normalized spacial score (nSPS) is 22.4. The number of likely N-dealkylation sites (tertiary alicyclic amines) is 1. The minimum atomic E-state index is -4.03. The fourth-order valence-corrected chi connectivity index (χ4v) is 2.71. The van der Waals surface area contributed by atoms with Gasteiger partial charge in [-0.15, -0.1) is 0 Å². The van der Waals surface area contributed by atoms with E-state index >= 15 is 0 Å². The monoisotopic (exact) mass is 321 g/mol. The fraction of sp³-hybridized carbons (Fsp3) is 0.769. The lowest BCUT2D eigenvalue weighted by atomic mass is 10.1. The van der Waals surface area contributed by atoms with Crippen LogP contribution < -0.4 is 0 Å². The Bertz CT molecular complexity index is 421. The van der Waals surface area contributed by atoms with Crippen LogP contribution in [0.25, 0.3) is 0 Å². The van der Waals surface area contributed by atoms with Gasteiger partial charge in [0, 0.05) is 12.5 Å². The van der Waals surface area contributed by atoms with Crippen LogP contribution in [-0.4, -0.2) is 67.6 Å². The maximum absolute atomic E-state index is 11.8. The van der Waals surface area contributed by atoms with Crippen LogP contribution in [0.4, 0.5) is 0 Å². The summed E-state index contributed by atoms with van der Waals surface area (Å²) in [6, 6.07) is 0. The van der Waals surface area contributed by atoms with Crippen LogP contribution in [0.1, 0.15) is 12.8 Å². The topological polar surface area (TPSA) is 76.1 Å². The minimum absolute atomic E-state index is 0.00711. The zero-order valence-corrected chi connectivity index (χ0v) is 13.9. The predicted octanol–water partition coefficient (Wildman–Crippen LogP) is 1.21. The van der Waals surface area contributed by atoms with E-state index in [-0.39, 0.29) is 25.0 Å². The smallest absolute Gasteiger partial charge is 0.329 e. The van der Waals surface area contributed by atoms with E-state index in [0.29, 0.717) is 30.4 Å². The summed E-state index contributed by atoms with van der Waals surface area (Å²) in [5, 5.41) is 0. The van der Waals surface area contributed by atoms with Crippen molar-refractivity contribution in [2.75, 3.05) is 47.4 Å². The average molecular weight is 321 g/mol. The largest absolute Gasteiger partial charge is 0.472 e. The number of amides is 1. The number of hydrogen-bond donors (Lipinski definition) is 1. The van der Waals surface area contributed by atoms with Crippen molar-refractivity contribution in [2.24, 2.45) is 5.92 Å². The molecule has 8 heteroatoms. The molecule has 1 amide bonds. The second-order valence-electron chi connectivity index (χ2n) is 6.14. The second kappa shape index (κ2) is 7.51. The van der Waals surface area contributed by atoms with Crippen LogP contribution in [0.3, 0.4) is 0 Å². The van der Waals surface area contributed by atoms with Gasteiger partial charge >= 0.3 is 7.82 Å². The van der Waals surface area contributed by atoms with Crippen LogP contribution in [0.15, 0.2) is 12.8 Å². The summed E-state index contributed by atoms with van der Waals surface area (Å²) in [7, 11) is 1.85. The number of phosphoric acid groups is 1. The van der Waals surface area contributed by atoms with Crippen molar-refractivity contribution in [3.63, 3.8) is 0 Å². The van der Waals surface area contributed by atoms with E-state index in [9.17, 15) is 14.3 Å². The van der Waals surface area contributed by atoms with Crippen molar-refractivity contribution < 1.29 is 27.8 Å². The molecule has 1 aliphatic rings. The first kappa shape index (κ1) is 18.3. The van der Waals surface area contributed by atoms with Crippen LogP contribution in [-0.2, 0) is 18.4 Å². The molecule has 1 rings (SSSR count). The van der Waals surface area contributed by atoms with Gasteiger partial charge < -0.3 is 14.3 Å². The zero-order chi connectivity index (χ0) is 16.1. The predicted molar refractivity (Wildman–Crippen MR) is 79.3 cm³/mol. The molecule has 2 atom stereocenters. The molecule has 0 aromatic rings. The molecule has 0 aliphatic carbocycles. The molecule has 1 aliphatic heterocycles. The van der Waals surface area contributed by atoms with Gasteiger partial charge in [-0.05, 0) is 19.0 Å². The van der Waals surface area contributed by atoms with Gasteiger partial charge in [-0.2, -0.15) is 0 Å². The number of likely N-dealkylation sites (N-methyl/N-ethyl adjacent to an activating group) is 1. The van der Waals surface area contributed by atoms with Crippen molar-refractivity contribution >= 4 is 13.7 Å². The van der Waals surface area contributed by atoms with Gasteiger partial charge in [-0.3, -0.25) is 13.8 Å². The number of carbonyl (C=O) groups is 1. The molecule has 0 bridgehead atoms. The van der Waals surface area contributed by atoms with Gasteiger partial charge in [-0.25, -0.2) is 4.57 Å². The van der Waals surface area contributed by atoms with Crippen molar-refractivity contribution in [3.8, 4) is 0 Å². The van der Waals surface area contributed by atoms with E-state index in [0.717, 1.165) is 0 Å². The molecule has 1 fully saturated rings. The number of phosphoric ester groups is 1. The standard InChI is InChI=1S/C13H25N2O5P/c1-5-14-8-6-12(13(14)16)7-10-19-21(17,18)20-11-9-15(2,3)4/h5,12H,1,6-11H2,2-4H3/p+1. The van der Waals surface area contributed by atoms with E-state index in [1.165, 1.54) is 6.20 Å². The third-order valence-corrected chi connectivity index (χ3v) is 4.33. The minimum Gasteiger partial charge on any atom is -0.329 e. The van der Waals surface area contributed by atoms with Crippen LogP contribution in [0, 0.1) is 5.92 Å². The number of quaternary nitrogens is 1. The maximum atomic E-state index is 11.8. The molecule has 7 nitrogen and oxygen atoms in total. The summed E-state index contributed by atoms with van der Waals surface area (Å²) in [6.07, 6.45) is 2.63. The summed E-state index contributed by atoms with van der Waals surface area (Å²) in [5.74, 6) is -0.179. The molecule has 1 N–H and O–H groups in total. The number of rotatable bonds is 9. The highest BCUT2D eigenvalue weighted by Gasteiger charge is 2.31. The van der Waals surface area contributed by atoms with Crippen LogP contribution in [0.2, 0.25) is 0 Å².